The number of Topliss-reactive ketones (excluding diaryl/α,β-unsaturated/α-hetero) is 1. The Morgan fingerprint density at radius 2 is 2.15 bits per heavy atom. The molecule has 0 spiro atoms. The Morgan fingerprint density at radius 1 is 1.26 bits per heavy atom. The fourth-order valence-corrected chi connectivity index (χ4v) is 5.17. The van der Waals surface area contributed by atoms with Gasteiger partial charge >= 0.3 is 0 Å². The molecule has 3 aromatic rings. The molecule has 7 heteroatoms. The van der Waals surface area contributed by atoms with E-state index < -0.39 is 0 Å². The van der Waals surface area contributed by atoms with Crippen molar-refractivity contribution < 1.29 is 9.53 Å². The number of thioether (sulfide) groups is 1. The van der Waals surface area contributed by atoms with Crippen molar-refractivity contribution in [2.45, 2.75) is 43.0 Å². The maximum absolute atomic E-state index is 12.4. The van der Waals surface area contributed by atoms with E-state index in [0.29, 0.717) is 12.2 Å². The fourth-order valence-electron chi connectivity index (χ4n) is 3.31. The van der Waals surface area contributed by atoms with Crippen molar-refractivity contribution in [1.29, 1.82) is 0 Å². The van der Waals surface area contributed by atoms with Gasteiger partial charge in [-0.15, -0.1) is 21.5 Å². The summed E-state index contributed by atoms with van der Waals surface area (Å²) in [6.07, 6.45) is 3.64. The number of ketones is 1. The van der Waals surface area contributed by atoms with E-state index in [1.165, 1.54) is 11.8 Å². The summed E-state index contributed by atoms with van der Waals surface area (Å²) < 4.78 is 7.65. The minimum absolute atomic E-state index is 0.0475. The number of nitrogens with zero attached hydrogens (tertiary/aromatic N) is 3. The predicted molar refractivity (Wildman–Crippen MR) is 109 cm³/mol. The number of methoxy groups -OCH3 is 1. The van der Waals surface area contributed by atoms with Crippen molar-refractivity contribution in [3.05, 3.63) is 41.3 Å². The zero-order valence-corrected chi connectivity index (χ0v) is 17.0. The Hall–Kier alpha value is -2.12. The average Bonchev–Trinajstić information content (AvgIpc) is 3.33. The second kappa shape index (κ2) is 7.86. The van der Waals surface area contributed by atoms with E-state index in [9.17, 15) is 4.79 Å². The Balaban J connectivity index is 1.83. The smallest absolute Gasteiger partial charge is 0.196 e. The van der Waals surface area contributed by atoms with Gasteiger partial charge in [-0.25, -0.2) is 0 Å². The highest BCUT2D eigenvalue weighted by Crippen LogP contribution is 2.37. The number of aromatic nitrogens is 3. The quantitative estimate of drug-likeness (QED) is 0.610. The minimum atomic E-state index is -0.0475. The molecule has 1 aromatic carbocycles. The van der Waals surface area contributed by atoms with E-state index in [0.717, 1.165) is 52.1 Å². The Bertz CT molecular complexity index is 950. The highest BCUT2D eigenvalue weighted by atomic mass is 32.2. The van der Waals surface area contributed by atoms with E-state index in [2.05, 4.69) is 23.2 Å². The first-order chi connectivity index (χ1) is 13.2. The molecule has 0 radical (unpaired) electrons. The second-order valence-corrected chi connectivity index (χ2v) is 8.73. The molecule has 1 unspecified atom stereocenters. The summed E-state index contributed by atoms with van der Waals surface area (Å²) in [5, 5.41) is 11.6. The van der Waals surface area contributed by atoms with Gasteiger partial charge in [0.25, 0.3) is 0 Å². The summed E-state index contributed by atoms with van der Waals surface area (Å²) >= 11 is 3.15. The molecule has 4 rings (SSSR count). The molecule has 0 saturated heterocycles. The van der Waals surface area contributed by atoms with Crippen LogP contribution in [-0.2, 0) is 4.79 Å². The van der Waals surface area contributed by atoms with E-state index >= 15 is 0 Å². The van der Waals surface area contributed by atoms with Crippen LogP contribution >= 0.6 is 23.1 Å². The first kappa shape index (κ1) is 18.3. The molecule has 1 aliphatic carbocycles. The summed E-state index contributed by atoms with van der Waals surface area (Å²) in [7, 11) is 1.67. The SMILES string of the molecule is COc1ccc(C)cc1-n1c(SC2CCCCC2=O)nnc1-c1cccs1. The number of aryl methyl sites for hydroxylation is 1. The first-order valence-corrected chi connectivity index (χ1v) is 10.8. The minimum Gasteiger partial charge on any atom is -0.495 e. The van der Waals surface area contributed by atoms with Gasteiger partial charge in [0.05, 0.1) is 22.9 Å². The van der Waals surface area contributed by atoms with E-state index in [4.69, 9.17) is 4.74 Å². The van der Waals surface area contributed by atoms with Crippen LogP contribution in [0.25, 0.3) is 16.4 Å². The molecule has 27 heavy (non-hydrogen) atoms. The van der Waals surface area contributed by atoms with Crippen LogP contribution in [0, 0.1) is 6.92 Å². The maximum Gasteiger partial charge on any atom is 0.196 e. The summed E-state index contributed by atoms with van der Waals surface area (Å²) in [5.74, 6) is 1.85. The Labute approximate surface area is 166 Å². The lowest BCUT2D eigenvalue weighted by Crippen LogP contribution is -2.21. The molecular weight excluding hydrogens is 378 g/mol. The zero-order chi connectivity index (χ0) is 18.8. The highest BCUT2D eigenvalue weighted by Gasteiger charge is 2.27. The van der Waals surface area contributed by atoms with Gasteiger partial charge in [-0.1, -0.05) is 30.3 Å². The monoisotopic (exact) mass is 399 g/mol. The van der Waals surface area contributed by atoms with E-state index in [1.54, 1.807) is 18.4 Å². The van der Waals surface area contributed by atoms with Gasteiger partial charge < -0.3 is 4.74 Å². The van der Waals surface area contributed by atoms with Crippen molar-refractivity contribution in [3.63, 3.8) is 0 Å². The molecule has 1 saturated carbocycles. The molecule has 0 N–H and O–H groups in total. The van der Waals surface area contributed by atoms with Crippen molar-refractivity contribution in [2.75, 3.05) is 7.11 Å². The van der Waals surface area contributed by atoms with Crippen LogP contribution in [0.4, 0.5) is 0 Å². The molecule has 5 nitrogen and oxygen atoms in total. The third-order valence-corrected chi connectivity index (χ3v) is 6.82. The van der Waals surface area contributed by atoms with Crippen LogP contribution in [0.5, 0.6) is 5.75 Å². The van der Waals surface area contributed by atoms with Crippen molar-refractivity contribution in [1.82, 2.24) is 14.8 Å². The molecular formula is C20H21N3O2S2. The Morgan fingerprint density at radius 3 is 2.89 bits per heavy atom. The highest BCUT2D eigenvalue weighted by molar-refractivity contribution is 8.00. The molecule has 140 valence electrons. The van der Waals surface area contributed by atoms with Gasteiger partial charge in [-0.3, -0.25) is 9.36 Å². The number of rotatable bonds is 5. The molecule has 1 fully saturated rings. The number of ether oxygens (including phenoxy) is 1. The lowest BCUT2D eigenvalue weighted by Gasteiger charge is -2.20. The standard InChI is InChI=1S/C20H21N3O2S2/c1-13-9-10-16(25-2)14(12-13)23-19(18-8-5-11-26-18)21-22-20(23)27-17-7-4-3-6-15(17)24/h5,8-12,17H,3-4,6-7H2,1-2H3. The van der Waals surface area contributed by atoms with Crippen LogP contribution in [0.1, 0.15) is 31.2 Å². The molecule has 0 amide bonds. The fraction of sp³-hybridized carbons (Fsp3) is 0.350. The number of thiophene rings is 1. The van der Waals surface area contributed by atoms with E-state index in [-0.39, 0.29) is 5.25 Å². The second-order valence-electron chi connectivity index (χ2n) is 6.61. The van der Waals surface area contributed by atoms with Crippen LogP contribution in [-0.4, -0.2) is 32.9 Å². The van der Waals surface area contributed by atoms with Gasteiger partial charge in [0.2, 0.25) is 0 Å². The summed E-state index contributed by atoms with van der Waals surface area (Å²) in [6.45, 7) is 2.05. The van der Waals surface area contributed by atoms with Crippen molar-refractivity contribution >= 4 is 28.9 Å². The van der Waals surface area contributed by atoms with Crippen molar-refractivity contribution in [2.24, 2.45) is 0 Å². The zero-order valence-electron chi connectivity index (χ0n) is 15.3. The van der Waals surface area contributed by atoms with Crippen LogP contribution in [0.2, 0.25) is 0 Å². The number of carbonyl (C=O) groups is 1. The maximum atomic E-state index is 12.4. The summed E-state index contributed by atoms with van der Waals surface area (Å²) in [6, 6.07) is 10.1. The Kier molecular flexibility index (Phi) is 5.31. The molecule has 0 aliphatic heterocycles. The van der Waals surface area contributed by atoms with Gasteiger partial charge in [0.15, 0.2) is 11.0 Å². The lowest BCUT2D eigenvalue weighted by molar-refractivity contribution is -0.119. The molecule has 0 bridgehead atoms. The van der Waals surface area contributed by atoms with Crippen LogP contribution in [0.15, 0.2) is 40.9 Å². The number of hydrogen-bond donors (Lipinski definition) is 0. The lowest BCUT2D eigenvalue weighted by atomic mass is 9.99. The van der Waals surface area contributed by atoms with Crippen LogP contribution in [0.3, 0.4) is 0 Å². The summed E-state index contributed by atoms with van der Waals surface area (Å²) in [5.41, 5.74) is 2.03. The number of hydrogen-bond acceptors (Lipinski definition) is 6. The predicted octanol–water partition coefficient (Wildman–Crippen LogP) is 4.92. The largest absolute Gasteiger partial charge is 0.495 e. The topological polar surface area (TPSA) is 57.0 Å². The molecule has 2 heterocycles. The molecule has 1 atom stereocenters. The number of carbonyl (C=O) groups excluding carboxylic acids is 1. The normalized spacial score (nSPS) is 17.3. The van der Waals surface area contributed by atoms with Gasteiger partial charge in [-0.2, -0.15) is 0 Å². The first-order valence-electron chi connectivity index (χ1n) is 9.01. The average molecular weight is 400 g/mol. The van der Waals surface area contributed by atoms with E-state index in [1.807, 2.05) is 34.2 Å². The summed E-state index contributed by atoms with van der Waals surface area (Å²) in [4.78, 5) is 13.4. The molecule has 1 aliphatic rings. The van der Waals surface area contributed by atoms with Crippen LogP contribution < -0.4 is 4.74 Å². The van der Waals surface area contributed by atoms with Gasteiger partial charge in [0, 0.05) is 6.42 Å². The third kappa shape index (κ3) is 3.66. The third-order valence-electron chi connectivity index (χ3n) is 4.70. The van der Waals surface area contributed by atoms with Gasteiger partial charge in [-0.05, 0) is 48.9 Å². The number of benzene rings is 1. The molecule has 2 aromatic heterocycles. The van der Waals surface area contributed by atoms with Crippen molar-refractivity contribution in [3.8, 4) is 22.1 Å². The van der Waals surface area contributed by atoms with Gasteiger partial charge in [0.1, 0.15) is 11.5 Å².